The van der Waals surface area contributed by atoms with E-state index in [0.29, 0.717) is 45.0 Å². The minimum Gasteiger partial charge on any atom is -0.377 e. The van der Waals surface area contributed by atoms with Gasteiger partial charge in [-0.2, -0.15) is 5.26 Å². The molecule has 1 N–H and O–H groups in total. The Kier molecular flexibility index (Phi) is 4.87. The van der Waals surface area contributed by atoms with Gasteiger partial charge in [0.1, 0.15) is 18.2 Å². The predicted octanol–water partition coefficient (Wildman–Crippen LogP) is 1.04. The number of para-hydroxylation sites is 1. The van der Waals surface area contributed by atoms with Crippen LogP contribution < -0.4 is 5.32 Å². The van der Waals surface area contributed by atoms with Crippen molar-refractivity contribution in [3.8, 4) is 6.07 Å². The SMILES string of the molecule is Cc1c(C#N)c2ccccc2n1CC(=O)N1CCOC2(CNCCOC2)C1. The van der Waals surface area contributed by atoms with Crippen molar-refractivity contribution in [2.75, 3.05) is 46.0 Å². The second-order valence-electron chi connectivity index (χ2n) is 7.25. The monoisotopic (exact) mass is 368 g/mol. The number of aromatic nitrogens is 1. The van der Waals surface area contributed by atoms with E-state index >= 15 is 0 Å². The number of carbonyl (C=O) groups is 1. The molecule has 27 heavy (non-hydrogen) atoms. The summed E-state index contributed by atoms with van der Waals surface area (Å²) in [4.78, 5) is 14.9. The lowest BCUT2D eigenvalue weighted by atomic mass is 10.0. The molecule has 2 fully saturated rings. The number of nitrogens with zero attached hydrogens (tertiary/aromatic N) is 3. The van der Waals surface area contributed by atoms with E-state index in [4.69, 9.17) is 9.47 Å². The van der Waals surface area contributed by atoms with Crippen LogP contribution in [0.15, 0.2) is 24.3 Å². The number of nitriles is 1. The van der Waals surface area contributed by atoms with Crippen LogP contribution in [-0.2, 0) is 20.8 Å². The summed E-state index contributed by atoms with van der Waals surface area (Å²) in [6.07, 6.45) is 0. The fraction of sp³-hybridized carbons (Fsp3) is 0.500. The maximum Gasteiger partial charge on any atom is 0.242 e. The topological polar surface area (TPSA) is 79.5 Å². The first-order valence-electron chi connectivity index (χ1n) is 9.32. The van der Waals surface area contributed by atoms with Gasteiger partial charge in [0, 0.05) is 30.7 Å². The molecule has 2 saturated heterocycles. The molecule has 0 radical (unpaired) electrons. The van der Waals surface area contributed by atoms with Crippen LogP contribution in [0.3, 0.4) is 0 Å². The van der Waals surface area contributed by atoms with Gasteiger partial charge in [0.25, 0.3) is 0 Å². The quantitative estimate of drug-likeness (QED) is 0.857. The Morgan fingerprint density at radius 2 is 2.22 bits per heavy atom. The molecule has 1 aromatic carbocycles. The van der Waals surface area contributed by atoms with Gasteiger partial charge in [-0.15, -0.1) is 0 Å². The lowest BCUT2D eigenvalue weighted by molar-refractivity contribution is -0.158. The van der Waals surface area contributed by atoms with E-state index in [1.54, 1.807) is 0 Å². The van der Waals surface area contributed by atoms with Crippen molar-refractivity contribution >= 4 is 16.8 Å². The lowest BCUT2D eigenvalue weighted by Gasteiger charge is -2.41. The third-order valence-electron chi connectivity index (χ3n) is 5.47. The molecule has 1 aromatic heterocycles. The van der Waals surface area contributed by atoms with E-state index in [0.717, 1.165) is 23.1 Å². The number of hydrogen-bond donors (Lipinski definition) is 1. The number of hydrogen-bond acceptors (Lipinski definition) is 5. The average molecular weight is 368 g/mol. The first kappa shape index (κ1) is 18.0. The molecule has 7 heteroatoms. The van der Waals surface area contributed by atoms with Crippen molar-refractivity contribution < 1.29 is 14.3 Å². The van der Waals surface area contributed by atoms with Gasteiger partial charge in [0.2, 0.25) is 5.91 Å². The zero-order valence-electron chi connectivity index (χ0n) is 15.5. The molecule has 4 rings (SSSR count). The van der Waals surface area contributed by atoms with Crippen molar-refractivity contribution in [1.29, 1.82) is 5.26 Å². The average Bonchev–Trinajstić information content (AvgIpc) is 2.82. The van der Waals surface area contributed by atoms with Gasteiger partial charge in [-0.25, -0.2) is 0 Å². The van der Waals surface area contributed by atoms with Gasteiger partial charge < -0.3 is 24.3 Å². The number of amides is 1. The number of fused-ring (bicyclic) bond motifs is 1. The Morgan fingerprint density at radius 3 is 3.07 bits per heavy atom. The molecular formula is C20H24N4O3. The third-order valence-corrected chi connectivity index (χ3v) is 5.47. The fourth-order valence-corrected chi connectivity index (χ4v) is 4.03. The minimum absolute atomic E-state index is 0.0373. The van der Waals surface area contributed by atoms with E-state index in [-0.39, 0.29) is 12.5 Å². The molecule has 2 aliphatic heterocycles. The van der Waals surface area contributed by atoms with Gasteiger partial charge >= 0.3 is 0 Å². The van der Waals surface area contributed by atoms with Gasteiger partial charge in [-0.1, -0.05) is 18.2 Å². The number of carbonyl (C=O) groups excluding carboxylic acids is 1. The Hall–Kier alpha value is -2.40. The van der Waals surface area contributed by atoms with Crippen molar-refractivity contribution in [2.24, 2.45) is 0 Å². The highest BCUT2D eigenvalue weighted by Crippen LogP contribution is 2.26. The molecule has 2 aliphatic rings. The molecule has 0 saturated carbocycles. The summed E-state index contributed by atoms with van der Waals surface area (Å²) in [5, 5.41) is 13.7. The highest BCUT2D eigenvalue weighted by Gasteiger charge is 2.39. The standard InChI is InChI=1S/C20H24N4O3/c1-15-17(10-21)16-4-2-3-5-18(16)24(15)11-19(25)23-7-9-27-20(13-23)12-22-6-8-26-14-20/h2-5,22H,6-9,11-14H2,1H3. The number of nitrogens with one attached hydrogen (secondary N) is 1. The zero-order valence-corrected chi connectivity index (χ0v) is 15.5. The second-order valence-corrected chi connectivity index (χ2v) is 7.25. The number of ether oxygens (including phenoxy) is 2. The molecule has 1 spiro atoms. The van der Waals surface area contributed by atoms with Crippen LogP contribution in [0.2, 0.25) is 0 Å². The predicted molar refractivity (Wildman–Crippen MR) is 100 cm³/mol. The van der Waals surface area contributed by atoms with Crippen LogP contribution in [0.4, 0.5) is 0 Å². The van der Waals surface area contributed by atoms with Crippen LogP contribution in [0, 0.1) is 18.3 Å². The van der Waals surface area contributed by atoms with E-state index < -0.39 is 5.60 Å². The Labute approximate surface area is 158 Å². The Bertz CT molecular complexity index is 890. The van der Waals surface area contributed by atoms with Gasteiger partial charge in [0.05, 0.1) is 37.4 Å². The molecule has 7 nitrogen and oxygen atoms in total. The number of rotatable bonds is 2. The highest BCUT2D eigenvalue weighted by molar-refractivity contribution is 5.89. The smallest absolute Gasteiger partial charge is 0.242 e. The first-order valence-corrected chi connectivity index (χ1v) is 9.32. The molecular weight excluding hydrogens is 344 g/mol. The van der Waals surface area contributed by atoms with Crippen LogP contribution in [0.1, 0.15) is 11.3 Å². The third kappa shape index (κ3) is 3.32. The summed E-state index contributed by atoms with van der Waals surface area (Å²) in [5.41, 5.74) is 1.91. The largest absolute Gasteiger partial charge is 0.377 e. The zero-order chi connectivity index (χ0) is 18.9. The van der Waals surface area contributed by atoms with Crippen molar-refractivity contribution in [2.45, 2.75) is 19.1 Å². The molecule has 1 atom stereocenters. The van der Waals surface area contributed by atoms with E-state index in [1.165, 1.54) is 0 Å². The molecule has 1 amide bonds. The first-order chi connectivity index (χ1) is 13.1. The van der Waals surface area contributed by atoms with Crippen molar-refractivity contribution in [3.63, 3.8) is 0 Å². The molecule has 0 aliphatic carbocycles. The fourth-order valence-electron chi connectivity index (χ4n) is 4.03. The lowest BCUT2D eigenvalue weighted by Crippen LogP contribution is -2.59. The highest BCUT2D eigenvalue weighted by atomic mass is 16.5. The molecule has 1 unspecified atom stereocenters. The summed E-state index contributed by atoms with van der Waals surface area (Å²) >= 11 is 0. The summed E-state index contributed by atoms with van der Waals surface area (Å²) < 4.78 is 13.6. The minimum atomic E-state index is -0.476. The summed E-state index contributed by atoms with van der Waals surface area (Å²) in [5.74, 6) is 0.0373. The van der Waals surface area contributed by atoms with Crippen LogP contribution in [0.5, 0.6) is 0 Å². The normalized spacial score (nSPS) is 23.3. The van der Waals surface area contributed by atoms with E-state index in [1.807, 2.05) is 40.7 Å². The summed E-state index contributed by atoms with van der Waals surface area (Å²) in [6, 6.07) is 10.0. The van der Waals surface area contributed by atoms with E-state index in [9.17, 15) is 10.1 Å². The van der Waals surface area contributed by atoms with Crippen LogP contribution >= 0.6 is 0 Å². The van der Waals surface area contributed by atoms with Gasteiger partial charge in [-0.05, 0) is 13.0 Å². The van der Waals surface area contributed by atoms with Gasteiger partial charge in [-0.3, -0.25) is 4.79 Å². The summed E-state index contributed by atoms with van der Waals surface area (Å²) in [6.45, 7) is 6.34. The molecule has 2 aromatic rings. The number of morpholine rings is 1. The molecule has 3 heterocycles. The number of benzene rings is 1. The summed E-state index contributed by atoms with van der Waals surface area (Å²) in [7, 11) is 0. The van der Waals surface area contributed by atoms with Crippen molar-refractivity contribution in [3.05, 3.63) is 35.5 Å². The molecule has 142 valence electrons. The Morgan fingerprint density at radius 1 is 1.37 bits per heavy atom. The van der Waals surface area contributed by atoms with E-state index in [2.05, 4.69) is 11.4 Å². The van der Waals surface area contributed by atoms with Crippen LogP contribution in [-0.4, -0.2) is 67.0 Å². The van der Waals surface area contributed by atoms with Crippen molar-refractivity contribution in [1.82, 2.24) is 14.8 Å². The van der Waals surface area contributed by atoms with Crippen LogP contribution in [0.25, 0.3) is 10.9 Å². The maximum absolute atomic E-state index is 13.1. The second kappa shape index (κ2) is 7.31. The molecule has 0 bridgehead atoms. The Balaban J connectivity index is 1.57. The van der Waals surface area contributed by atoms with Gasteiger partial charge in [0.15, 0.2) is 0 Å². The maximum atomic E-state index is 13.1.